The van der Waals surface area contributed by atoms with Crippen molar-refractivity contribution in [1.82, 2.24) is 5.32 Å². The SMILES string of the molecule is CCNC(=O)c1ccc(N)c(Oc2cc(Br)ccc2C)c1. The van der Waals surface area contributed by atoms with Crippen LogP contribution in [0.15, 0.2) is 40.9 Å². The Morgan fingerprint density at radius 2 is 2.00 bits per heavy atom. The molecular weight excluding hydrogens is 332 g/mol. The third-order valence-corrected chi connectivity index (χ3v) is 3.48. The van der Waals surface area contributed by atoms with Gasteiger partial charge in [0.25, 0.3) is 5.91 Å². The lowest BCUT2D eigenvalue weighted by atomic mass is 10.1. The molecule has 2 rings (SSSR count). The molecule has 0 fully saturated rings. The van der Waals surface area contributed by atoms with Crippen LogP contribution in [0.1, 0.15) is 22.8 Å². The van der Waals surface area contributed by atoms with Crippen molar-refractivity contribution in [3.63, 3.8) is 0 Å². The molecule has 0 heterocycles. The van der Waals surface area contributed by atoms with Gasteiger partial charge < -0.3 is 15.8 Å². The lowest BCUT2D eigenvalue weighted by molar-refractivity contribution is 0.0955. The largest absolute Gasteiger partial charge is 0.455 e. The van der Waals surface area contributed by atoms with Crippen LogP contribution in [0.25, 0.3) is 0 Å². The van der Waals surface area contributed by atoms with Gasteiger partial charge in [0, 0.05) is 16.6 Å². The van der Waals surface area contributed by atoms with Crippen LogP contribution in [-0.4, -0.2) is 12.5 Å². The summed E-state index contributed by atoms with van der Waals surface area (Å²) in [4.78, 5) is 11.9. The van der Waals surface area contributed by atoms with Gasteiger partial charge in [0.2, 0.25) is 0 Å². The molecule has 4 nitrogen and oxygen atoms in total. The third kappa shape index (κ3) is 3.76. The fourth-order valence-electron chi connectivity index (χ4n) is 1.83. The molecule has 21 heavy (non-hydrogen) atoms. The zero-order valence-electron chi connectivity index (χ0n) is 11.9. The van der Waals surface area contributed by atoms with E-state index in [0.29, 0.717) is 29.3 Å². The number of carbonyl (C=O) groups excluding carboxylic acids is 1. The Hall–Kier alpha value is -2.01. The minimum Gasteiger partial charge on any atom is -0.455 e. The first-order chi connectivity index (χ1) is 10.0. The van der Waals surface area contributed by atoms with Gasteiger partial charge in [0.15, 0.2) is 5.75 Å². The van der Waals surface area contributed by atoms with E-state index in [2.05, 4.69) is 21.2 Å². The zero-order valence-corrected chi connectivity index (χ0v) is 13.5. The number of nitrogens with one attached hydrogen (secondary N) is 1. The number of nitrogen functional groups attached to an aromatic ring is 1. The zero-order chi connectivity index (χ0) is 15.4. The quantitative estimate of drug-likeness (QED) is 0.824. The Morgan fingerprint density at radius 1 is 1.24 bits per heavy atom. The van der Waals surface area contributed by atoms with E-state index in [-0.39, 0.29) is 5.91 Å². The van der Waals surface area contributed by atoms with Gasteiger partial charge in [-0.3, -0.25) is 4.79 Å². The lowest BCUT2D eigenvalue weighted by Crippen LogP contribution is -2.22. The Labute approximate surface area is 132 Å². The highest BCUT2D eigenvalue weighted by Gasteiger charge is 2.10. The minimum absolute atomic E-state index is 0.145. The van der Waals surface area contributed by atoms with E-state index < -0.39 is 0 Å². The van der Waals surface area contributed by atoms with Crippen molar-refractivity contribution in [1.29, 1.82) is 0 Å². The van der Waals surface area contributed by atoms with E-state index in [1.54, 1.807) is 18.2 Å². The molecule has 0 saturated carbocycles. The molecule has 110 valence electrons. The number of benzene rings is 2. The molecule has 1 amide bonds. The molecule has 2 aromatic carbocycles. The number of hydrogen-bond donors (Lipinski definition) is 2. The lowest BCUT2D eigenvalue weighted by Gasteiger charge is -2.12. The predicted molar refractivity (Wildman–Crippen MR) is 87.8 cm³/mol. The molecule has 0 bridgehead atoms. The van der Waals surface area contributed by atoms with Crippen LogP contribution in [0.4, 0.5) is 5.69 Å². The van der Waals surface area contributed by atoms with Crippen molar-refractivity contribution in [2.75, 3.05) is 12.3 Å². The van der Waals surface area contributed by atoms with E-state index in [0.717, 1.165) is 10.0 Å². The van der Waals surface area contributed by atoms with Crippen LogP contribution in [0, 0.1) is 6.92 Å². The maximum Gasteiger partial charge on any atom is 0.251 e. The smallest absolute Gasteiger partial charge is 0.251 e. The highest BCUT2D eigenvalue weighted by molar-refractivity contribution is 9.10. The Bertz CT molecular complexity index is 671. The van der Waals surface area contributed by atoms with Crippen LogP contribution >= 0.6 is 15.9 Å². The maximum absolute atomic E-state index is 11.9. The molecule has 0 atom stereocenters. The molecule has 0 aromatic heterocycles. The molecule has 0 aliphatic rings. The summed E-state index contributed by atoms with van der Waals surface area (Å²) in [6.45, 7) is 4.40. The predicted octanol–water partition coefficient (Wildman–Crippen LogP) is 3.88. The molecule has 0 spiro atoms. The second-order valence-corrected chi connectivity index (χ2v) is 5.54. The highest BCUT2D eigenvalue weighted by Crippen LogP contribution is 2.32. The van der Waals surface area contributed by atoms with Gasteiger partial charge in [-0.05, 0) is 49.7 Å². The van der Waals surface area contributed by atoms with Crippen LogP contribution in [0.5, 0.6) is 11.5 Å². The molecule has 0 aliphatic carbocycles. The molecule has 2 aromatic rings. The fourth-order valence-corrected chi connectivity index (χ4v) is 2.17. The number of halogens is 1. The second kappa shape index (κ2) is 6.63. The number of ether oxygens (including phenoxy) is 1. The van der Waals surface area contributed by atoms with E-state index in [4.69, 9.17) is 10.5 Å². The fraction of sp³-hybridized carbons (Fsp3) is 0.188. The number of hydrogen-bond acceptors (Lipinski definition) is 3. The normalized spacial score (nSPS) is 10.2. The average Bonchev–Trinajstić information content (AvgIpc) is 2.45. The van der Waals surface area contributed by atoms with Gasteiger partial charge in [-0.2, -0.15) is 0 Å². The number of aryl methyl sites for hydroxylation is 1. The van der Waals surface area contributed by atoms with Crippen LogP contribution in [0.2, 0.25) is 0 Å². The van der Waals surface area contributed by atoms with Crippen molar-refractivity contribution < 1.29 is 9.53 Å². The summed E-state index contributed by atoms with van der Waals surface area (Å²) in [7, 11) is 0. The Morgan fingerprint density at radius 3 is 2.71 bits per heavy atom. The van der Waals surface area contributed by atoms with E-state index in [9.17, 15) is 4.79 Å². The van der Waals surface area contributed by atoms with Gasteiger partial charge in [0.1, 0.15) is 5.75 Å². The van der Waals surface area contributed by atoms with Crippen molar-refractivity contribution in [3.05, 3.63) is 52.0 Å². The van der Waals surface area contributed by atoms with Crippen LogP contribution < -0.4 is 15.8 Å². The van der Waals surface area contributed by atoms with E-state index in [1.165, 1.54) is 0 Å². The Kier molecular flexibility index (Phi) is 4.85. The molecule has 5 heteroatoms. The first-order valence-corrected chi connectivity index (χ1v) is 7.42. The highest BCUT2D eigenvalue weighted by atomic mass is 79.9. The monoisotopic (exact) mass is 348 g/mol. The first kappa shape index (κ1) is 15.4. The number of carbonyl (C=O) groups is 1. The number of amides is 1. The van der Waals surface area contributed by atoms with Gasteiger partial charge in [-0.25, -0.2) is 0 Å². The summed E-state index contributed by atoms with van der Waals surface area (Å²) in [5.74, 6) is 1.03. The number of rotatable bonds is 4. The minimum atomic E-state index is -0.145. The number of anilines is 1. The molecule has 3 N–H and O–H groups in total. The van der Waals surface area contributed by atoms with E-state index in [1.807, 2.05) is 32.0 Å². The summed E-state index contributed by atoms with van der Waals surface area (Å²) in [6, 6.07) is 10.8. The van der Waals surface area contributed by atoms with Crippen LogP contribution in [-0.2, 0) is 0 Å². The third-order valence-electron chi connectivity index (χ3n) is 2.98. The molecular formula is C16H17BrN2O2. The summed E-state index contributed by atoms with van der Waals surface area (Å²) in [5.41, 5.74) is 7.93. The topological polar surface area (TPSA) is 64.4 Å². The summed E-state index contributed by atoms with van der Waals surface area (Å²) in [5, 5.41) is 2.75. The molecule has 0 unspecified atom stereocenters. The second-order valence-electron chi connectivity index (χ2n) is 4.62. The van der Waals surface area contributed by atoms with Crippen molar-refractivity contribution in [3.8, 4) is 11.5 Å². The van der Waals surface area contributed by atoms with Gasteiger partial charge in [-0.15, -0.1) is 0 Å². The van der Waals surface area contributed by atoms with E-state index >= 15 is 0 Å². The summed E-state index contributed by atoms with van der Waals surface area (Å²) < 4.78 is 6.77. The average molecular weight is 349 g/mol. The number of nitrogens with two attached hydrogens (primary N) is 1. The summed E-state index contributed by atoms with van der Waals surface area (Å²) >= 11 is 3.41. The maximum atomic E-state index is 11.9. The molecule has 0 aliphatic heterocycles. The van der Waals surface area contributed by atoms with Crippen LogP contribution in [0.3, 0.4) is 0 Å². The molecule has 0 radical (unpaired) electrons. The van der Waals surface area contributed by atoms with Crippen molar-refractivity contribution in [2.45, 2.75) is 13.8 Å². The first-order valence-electron chi connectivity index (χ1n) is 6.63. The van der Waals surface area contributed by atoms with Gasteiger partial charge in [-0.1, -0.05) is 22.0 Å². The summed E-state index contributed by atoms with van der Waals surface area (Å²) in [6.07, 6.45) is 0. The van der Waals surface area contributed by atoms with Crippen molar-refractivity contribution in [2.24, 2.45) is 0 Å². The van der Waals surface area contributed by atoms with Gasteiger partial charge >= 0.3 is 0 Å². The standard InChI is InChI=1S/C16H17BrN2O2/c1-3-19-16(20)11-5-7-13(18)15(8-11)21-14-9-12(17)6-4-10(14)2/h4-9H,3,18H2,1-2H3,(H,19,20). The molecule has 0 saturated heterocycles. The van der Waals surface area contributed by atoms with Crippen molar-refractivity contribution >= 4 is 27.5 Å². The van der Waals surface area contributed by atoms with Gasteiger partial charge in [0.05, 0.1) is 5.69 Å². The Balaban J connectivity index is 2.33.